The van der Waals surface area contributed by atoms with Crippen molar-refractivity contribution in [2.24, 2.45) is 0 Å². The summed E-state index contributed by atoms with van der Waals surface area (Å²) < 4.78 is 1.93. The molecule has 1 N–H and O–H groups in total. The Kier molecular flexibility index (Phi) is 6.54. The Hall–Kier alpha value is -3.76. The van der Waals surface area contributed by atoms with Crippen molar-refractivity contribution in [1.82, 2.24) is 0 Å². The summed E-state index contributed by atoms with van der Waals surface area (Å²) in [7, 11) is 0. The molecule has 0 saturated carbocycles. The topological polar surface area (TPSA) is 20.2 Å². The molecule has 41 heavy (non-hydrogen) atoms. The molecule has 1 aliphatic carbocycles. The number of fused-ring (bicyclic) bond motifs is 3. The largest absolute Gasteiger partial charge is 0.376 e. The molecule has 3 heteroatoms. The van der Waals surface area contributed by atoms with Gasteiger partial charge in [-0.3, -0.25) is 0 Å². The monoisotopic (exact) mass is 656 g/mol. The van der Waals surface area contributed by atoms with Gasteiger partial charge >= 0.3 is 0 Å². The summed E-state index contributed by atoms with van der Waals surface area (Å²) in [4.78, 5) is 0. The molecule has 6 aromatic rings. The highest BCUT2D eigenvalue weighted by molar-refractivity contribution is 9.10. The second kappa shape index (κ2) is 10.3. The molecule has 0 aliphatic heterocycles. The Labute approximate surface area is 257 Å². The second-order valence-corrected chi connectivity index (χ2v) is 12.3. The maximum Gasteiger partial charge on any atom is 0.140 e. The zero-order chi connectivity index (χ0) is 28.0. The van der Waals surface area contributed by atoms with Crippen LogP contribution in [0, 0.1) is 0 Å². The van der Waals surface area contributed by atoms with Crippen molar-refractivity contribution in [3.8, 4) is 11.1 Å². The van der Waals surface area contributed by atoms with Crippen molar-refractivity contribution in [3.63, 3.8) is 0 Å². The van der Waals surface area contributed by atoms with E-state index in [0.717, 1.165) is 31.2 Å². The Balaban J connectivity index is 1.63. The predicted molar refractivity (Wildman–Crippen MR) is 174 cm³/mol. The highest BCUT2D eigenvalue weighted by Gasteiger charge is 2.49. The minimum atomic E-state index is -1.42. The average Bonchev–Trinajstić information content (AvgIpc) is 3.33. The van der Waals surface area contributed by atoms with Crippen LogP contribution < -0.4 is 0 Å². The van der Waals surface area contributed by atoms with Crippen LogP contribution in [0.4, 0.5) is 0 Å². The van der Waals surface area contributed by atoms with Gasteiger partial charge in [-0.2, -0.15) is 0 Å². The fourth-order valence-electron chi connectivity index (χ4n) is 6.67. The molecule has 0 spiro atoms. The highest BCUT2D eigenvalue weighted by atomic mass is 79.9. The maximum atomic E-state index is 13.2. The summed E-state index contributed by atoms with van der Waals surface area (Å²) in [6.45, 7) is 0. The molecule has 0 fully saturated rings. The zero-order valence-corrected chi connectivity index (χ0v) is 25.3. The van der Waals surface area contributed by atoms with E-state index in [1.54, 1.807) is 0 Å². The van der Waals surface area contributed by atoms with E-state index in [0.29, 0.717) is 0 Å². The molecule has 0 unspecified atom stereocenters. The molecule has 1 nitrogen and oxygen atoms in total. The molecule has 0 radical (unpaired) electrons. The lowest BCUT2D eigenvalue weighted by atomic mass is 9.63. The van der Waals surface area contributed by atoms with Crippen LogP contribution >= 0.6 is 31.9 Å². The van der Waals surface area contributed by atoms with Gasteiger partial charge in [-0.15, -0.1) is 0 Å². The standard InChI is InChI=1S/C38H26Br2O/c39-29-22-18-27(19-23-29)38(41,28-20-24-30(40)25-21-28)36-17-9-8-16-35(36)37(26-10-2-1-3-11-26)33-14-6-4-12-31(33)32-13-5-7-15-34(32)37/h1-25,41H. The summed E-state index contributed by atoms with van der Waals surface area (Å²) >= 11 is 7.18. The van der Waals surface area contributed by atoms with Crippen LogP contribution in [0.15, 0.2) is 161 Å². The minimum Gasteiger partial charge on any atom is -0.376 e. The molecule has 0 amide bonds. The third-order valence-corrected chi connectivity index (χ3v) is 9.46. The van der Waals surface area contributed by atoms with Crippen LogP contribution in [0.1, 0.15) is 38.9 Å². The Morgan fingerprint density at radius 2 is 0.854 bits per heavy atom. The zero-order valence-electron chi connectivity index (χ0n) is 22.1. The molecule has 7 rings (SSSR count). The summed E-state index contributed by atoms with van der Waals surface area (Å²) in [5.41, 5.74) is 7.49. The average molecular weight is 658 g/mol. The van der Waals surface area contributed by atoms with Crippen molar-refractivity contribution in [1.29, 1.82) is 0 Å². The first-order chi connectivity index (χ1) is 20.0. The van der Waals surface area contributed by atoms with Gasteiger partial charge in [0.2, 0.25) is 0 Å². The van der Waals surface area contributed by atoms with E-state index in [9.17, 15) is 5.11 Å². The van der Waals surface area contributed by atoms with Gasteiger partial charge in [0, 0.05) is 8.95 Å². The van der Waals surface area contributed by atoms with Crippen molar-refractivity contribution in [3.05, 3.63) is 200 Å². The molecule has 0 bridgehead atoms. The maximum absolute atomic E-state index is 13.2. The van der Waals surface area contributed by atoms with Crippen molar-refractivity contribution in [2.75, 3.05) is 0 Å². The number of hydrogen-bond donors (Lipinski definition) is 1. The van der Waals surface area contributed by atoms with Gasteiger partial charge in [-0.25, -0.2) is 0 Å². The lowest BCUT2D eigenvalue weighted by Crippen LogP contribution is -2.36. The van der Waals surface area contributed by atoms with Gasteiger partial charge in [0.05, 0.1) is 5.41 Å². The van der Waals surface area contributed by atoms with E-state index in [-0.39, 0.29) is 0 Å². The Morgan fingerprint density at radius 1 is 0.439 bits per heavy atom. The fraction of sp³-hybridized carbons (Fsp3) is 0.0526. The van der Waals surface area contributed by atoms with Gasteiger partial charge in [0.25, 0.3) is 0 Å². The summed E-state index contributed by atoms with van der Waals surface area (Å²) in [6, 6.07) is 52.6. The van der Waals surface area contributed by atoms with Crippen LogP contribution in [0.2, 0.25) is 0 Å². The molecule has 198 valence electrons. The number of hydrogen-bond acceptors (Lipinski definition) is 1. The highest BCUT2D eigenvalue weighted by Crippen LogP contribution is 2.58. The van der Waals surface area contributed by atoms with Gasteiger partial charge in [-0.1, -0.05) is 159 Å². The van der Waals surface area contributed by atoms with Crippen LogP contribution in [-0.2, 0) is 11.0 Å². The summed E-state index contributed by atoms with van der Waals surface area (Å²) in [5, 5.41) is 13.2. The van der Waals surface area contributed by atoms with Crippen LogP contribution in [0.25, 0.3) is 11.1 Å². The van der Waals surface area contributed by atoms with Crippen molar-refractivity contribution < 1.29 is 5.11 Å². The van der Waals surface area contributed by atoms with Crippen molar-refractivity contribution in [2.45, 2.75) is 11.0 Å². The molecule has 1 aliphatic rings. The van der Waals surface area contributed by atoms with Gasteiger partial charge in [0.15, 0.2) is 0 Å². The normalized spacial score (nSPS) is 13.4. The Bertz CT molecular complexity index is 1770. The molecule has 0 atom stereocenters. The molecule has 6 aromatic carbocycles. The number of halogens is 2. The third kappa shape index (κ3) is 3.99. The third-order valence-electron chi connectivity index (χ3n) is 8.40. The van der Waals surface area contributed by atoms with Gasteiger partial charge in [0.1, 0.15) is 5.60 Å². The quantitative estimate of drug-likeness (QED) is 0.183. The van der Waals surface area contributed by atoms with Crippen LogP contribution in [0.3, 0.4) is 0 Å². The SMILES string of the molecule is OC(c1ccc(Br)cc1)(c1ccc(Br)cc1)c1ccccc1C1(c2ccccc2)c2ccccc2-c2ccccc21. The van der Waals surface area contributed by atoms with E-state index in [4.69, 9.17) is 0 Å². The molecule has 0 heterocycles. The number of rotatable bonds is 5. The predicted octanol–water partition coefficient (Wildman–Crippen LogP) is 9.86. The van der Waals surface area contributed by atoms with Gasteiger partial charge in [-0.05, 0) is 74.3 Å². The minimum absolute atomic E-state index is 0.635. The first-order valence-electron chi connectivity index (χ1n) is 13.6. The Morgan fingerprint density at radius 3 is 1.37 bits per heavy atom. The van der Waals surface area contributed by atoms with E-state index in [2.05, 4.69) is 129 Å². The molecule has 0 saturated heterocycles. The van der Waals surface area contributed by atoms with Crippen LogP contribution in [-0.4, -0.2) is 5.11 Å². The summed E-state index contributed by atoms with van der Waals surface area (Å²) in [5.74, 6) is 0. The number of benzene rings is 6. The van der Waals surface area contributed by atoms with E-state index in [1.165, 1.54) is 27.8 Å². The second-order valence-electron chi connectivity index (χ2n) is 10.5. The van der Waals surface area contributed by atoms with E-state index >= 15 is 0 Å². The first-order valence-corrected chi connectivity index (χ1v) is 15.2. The summed E-state index contributed by atoms with van der Waals surface area (Å²) in [6.07, 6.45) is 0. The van der Waals surface area contributed by atoms with E-state index in [1.807, 2.05) is 54.6 Å². The van der Waals surface area contributed by atoms with Crippen LogP contribution in [0.5, 0.6) is 0 Å². The lowest BCUT2D eigenvalue weighted by molar-refractivity contribution is 0.124. The smallest absolute Gasteiger partial charge is 0.140 e. The molecular formula is C38H26Br2O. The molecule has 0 aromatic heterocycles. The number of aliphatic hydroxyl groups is 1. The fourth-order valence-corrected chi connectivity index (χ4v) is 7.19. The molecular weight excluding hydrogens is 632 g/mol. The lowest BCUT2D eigenvalue weighted by Gasteiger charge is -2.40. The van der Waals surface area contributed by atoms with Gasteiger partial charge < -0.3 is 5.11 Å². The first kappa shape index (κ1) is 26.2. The van der Waals surface area contributed by atoms with Crippen molar-refractivity contribution >= 4 is 31.9 Å². The van der Waals surface area contributed by atoms with E-state index < -0.39 is 11.0 Å².